The molecule has 0 fully saturated rings. The zero-order valence-electron chi connectivity index (χ0n) is 53.5. The van der Waals surface area contributed by atoms with Crippen LogP contribution in [-0.2, 0) is 32.7 Å². The fourth-order valence-corrected chi connectivity index (χ4v) is 11.3. The average molecular weight is 1160 g/mol. The Morgan fingerprint density at radius 2 is 0.679 bits per heavy atom. The molecule has 476 valence electrons. The molecule has 0 aromatic rings. The molecule has 0 amide bonds. The van der Waals surface area contributed by atoms with Gasteiger partial charge in [-0.3, -0.25) is 18.6 Å². The SMILES string of the molecule is CC/C=C\C/C=C\C/C=C\C/C=C\CCCCCCCCCCCCCCCCCCC(=O)OC(COC(=O)CCCCCCCCCCCCCCCCCCCCCCCCCCCCCCCCC)COP(=O)(O)OCCN. The molecular formula is C71H134NO8P. The first-order chi connectivity index (χ1) is 39.8. The number of rotatable bonds is 67. The topological polar surface area (TPSA) is 134 Å². The number of phosphoric acid groups is 1. The first-order valence-corrected chi connectivity index (χ1v) is 36.6. The van der Waals surface area contributed by atoms with Gasteiger partial charge >= 0.3 is 19.8 Å². The number of ether oxygens (including phenoxy) is 2. The van der Waals surface area contributed by atoms with Gasteiger partial charge in [0.15, 0.2) is 6.10 Å². The summed E-state index contributed by atoms with van der Waals surface area (Å²) in [7, 11) is -4.39. The molecule has 0 aliphatic carbocycles. The van der Waals surface area contributed by atoms with Crippen LogP contribution in [0.1, 0.15) is 361 Å². The molecule has 0 saturated carbocycles. The van der Waals surface area contributed by atoms with E-state index in [1.807, 2.05) is 0 Å². The predicted octanol–water partition coefficient (Wildman–Crippen LogP) is 22.9. The van der Waals surface area contributed by atoms with Crippen molar-refractivity contribution >= 4 is 19.8 Å². The monoisotopic (exact) mass is 1160 g/mol. The van der Waals surface area contributed by atoms with Crippen LogP contribution in [0, 0.1) is 0 Å². The highest BCUT2D eigenvalue weighted by Crippen LogP contribution is 2.43. The lowest BCUT2D eigenvalue weighted by Crippen LogP contribution is -2.29. The summed E-state index contributed by atoms with van der Waals surface area (Å²) in [5.41, 5.74) is 5.40. The van der Waals surface area contributed by atoms with Crippen LogP contribution < -0.4 is 5.73 Å². The third-order valence-electron chi connectivity index (χ3n) is 15.7. The van der Waals surface area contributed by atoms with Crippen molar-refractivity contribution in [3.8, 4) is 0 Å². The second kappa shape index (κ2) is 67.1. The van der Waals surface area contributed by atoms with Crippen molar-refractivity contribution in [1.82, 2.24) is 0 Å². The lowest BCUT2D eigenvalue weighted by Gasteiger charge is -2.19. The van der Waals surface area contributed by atoms with Gasteiger partial charge in [0, 0.05) is 19.4 Å². The minimum atomic E-state index is -4.39. The van der Waals surface area contributed by atoms with Crippen LogP contribution in [0.15, 0.2) is 48.6 Å². The summed E-state index contributed by atoms with van der Waals surface area (Å²) in [5.74, 6) is -0.807. The molecule has 0 saturated heterocycles. The maximum Gasteiger partial charge on any atom is 0.472 e. The van der Waals surface area contributed by atoms with Crippen molar-refractivity contribution in [3.63, 3.8) is 0 Å². The zero-order valence-corrected chi connectivity index (χ0v) is 54.4. The van der Waals surface area contributed by atoms with E-state index in [0.717, 1.165) is 64.2 Å². The molecule has 0 rings (SSSR count). The summed E-state index contributed by atoms with van der Waals surface area (Å²) in [4.78, 5) is 35.4. The van der Waals surface area contributed by atoms with Crippen LogP contribution in [0.2, 0.25) is 0 Å². The molecule has 0 aromatic carbocycles. The Morgan fingerprint density at radius 3 is 1.01 bits per heavy atom. The summed E-state index contributed by atoms with van der Waals surface area (Å²) < 4.78 is 33.2. The molecule has 9 nitrogen and oxygen atoms in total. The number of allylic oxidation sites excluding steroid dienone is 8. The third kappa shape index (κ3) is 67.0. The van der Waals surface area contributed by atoms with Crippen LogP contribution in [0.3, 0.4) is 0 Å². The lowest BCUT2D eigenvalue weighted by molar-refractivity contribution is -0.161. The van der Waals surface area contributed by atoms with Gasteiger partial charge in [0.05, 0.1) is 13.2 Å². The van der Waals surface area contributed by atoms with E-state index in [9.17, 15) is 19.0 Å². The van der Waals surface area contributed by atoms with Gasteiger partial charge in [-0.25, -0.2) is 4.57 Å². The van der Waals surface area contributed by atoms with E-state index in [1.165, 1.54) is 263 Å². The summed E-state index contributed by atoms with van der Waals surface area (Å²) in [6.07, 6.45) is 85.0. The molecular weight excluding hydrogens is 1030 g/mol. The molecule has 0 spiro atoms. The predicted molar refractivity (Wildman–Crippen MR) is 349 cm³/mol. The molecule has 0 radical (unpaired) electrons. The fourth-order valence-electron chi connectivity index (χ4n) is 10.6. The van der Waals surface area contributed by atoms with Gasteiger partial charge < -0.3 is 20.1 Å². The van der Waals surface area contributed by atoms with Crippen LogP contribution in [0.25, 0.3) is 0 Å². The van der Waals surface area contributed by atoms with Crippen LogP contribution in [-0.4, -0.2) is 49.3 Å². The van der Waals surface area contributed by atoms with Crippen LogP contribution >= 0.6 is 7.82 Å². The minimum absolute atomic E-state index is 0.0551. The van der Waals surface area contributed by atoms with Crippen molar-refractivity contribution in [2.45, 2.75) is 367 Å². The normalized spacial score (nSPS) is 13.2. The first-order valence-electron chi connectivity index (χ1n) is 35.1. The second-order valence-corrected chi connectivity index (χ2v) is 25.2. The number of esters is 2. The second-order valence-electron chi connectivity index (χ2n) is 23.7. The number of hydrogen-bond acceptors (Lipinski definition) is 8. The van der Waals surface area contributed by atoms with Crippen molar-refractivity contribution in [2.24, 2.45) is 5.73 Å². The smallest absolute Gasteiger partial charge is 0.462 e. The summed E-state index contributed by atoms with van der Waals surface area (Å²) in [6.45, 7) is 3.70. The van der Waals surface area contributed by atoms with E-state index in [2.05, 4.69) is 62.5 Å². The Morgan fingerprint density at radius 1 is 0.383 bits per heavy atom. The van der Waals surface area contributed by atoms with Gasteiger partial charge in [-0.15, -0.1) is 0 Å². The molecule has 0 aliphatic rings. The number of carbonyl (C=O) groups excluding carboxylic acids is 2. The molecule has 3 N–H and O–H groups in total. The highest BCUT2D eigenvalue weighted by molar-refractivity contribution is 7.47. The van der Waals surface area contributed by atoms with Crippen molar-refractivity contribution in [3.05, 3.63) is 48.6 Å². The maximum absolute atomic E-state index is 12.8. The molecule has 0 bridgehead atoms. The average Bonchev–Trinajstić information content (AvgIpc) is 3.46. The van der Waals surface area contributed by atoms with Crippen molar-refractivity contribution in [1.29, 1.82) is 0 Å². The van der Waals surface area contributed by atoms with Gasteiger partial charge in [0.2, 0.25) is 0 Å². The Bertz CT molecular complexity index is 1470. The minimum Gasteiger partial charge on any atom is -0.462 e. The fraction of sp³-hybridized carbons (Fsp3) is 0.859. The first kappa shape index (κ1) is 79.0. The van der Waals surface area contributed by atoms with Crippen LogP contribution in [0.5, 0.6) is 0 Å². The standard InChI is InChI=1S/C71H134NO8P/c1-3-5-7-9-11-13-15-17-19-21-23-25-27-29-31-33-34-36-37-39-41-43-45-47-49-51-53-55-57-59-61-63-70(73)77-67-69(68-79-81(75,76)78-66-65-72)80-71(74)64-62-60-58-56-54-52-50-48-46-44-42-40-38-35-32-30-28-26-24-22-20-18-16-14-12-10-8-6-4-2/h6,8,12,14,18,20,24,26,69H,3-5,7,9-11,13,15-17,19,21-23,25,27-68,72H2,1-2H3,(H,75,76)/b8-6-,14-12-,20-18-,26-24-. The molecule has 81 heavy (non-hydrogen) atoms. The number of phosphoric ester groups is 1. The van der Waals surface area contributed by atoms with E-state index < -0.39 is 26.5 Å². The van der Waals surface area contributed by atoms with Gasteiger partial charge in [0.25, 0.3) is 0 Å². The quantitative estimate of drug-likeness (QED) is 0.0264. The van der Waals surface area contributed by atoms with E-state index in [-0.39, 0.29) is 38.6 Å². The summed E-state index contributed by atoms with van der Waals surface area (Å²) >= 11 is 0. The Balaban J connectivity index is 3.82. The number of hydrogen-bond donors (Lipinski definition) is 2. The summed E-state index contributed by atoms with van der Waals surface area (Å²) in [6, 6.07) is 0. The number of nitrogens with two attached hydrogens (primary N) is 1. The lowest BCUT2D eigenvalue weighted by atomic mass is 10.0. The molecule has 10 heteroatoms. The Hall–Kier alpha value is -2.03. The Labute approximate surface area is 502 Å². The summed E-state index contributed by atoms with van der Waals surface area (Å²) in [5, 5.41) is 0. The highest BCUT2D eigenvalue weighted by atomic mass is 31.2. The van der Waals surface area contributed by atoms with Crippen molar-refractivity contribution < 1.29 is 37.6 Å². The molecule has 0 heterocycles. The largest absolute Gasteiger partial charge is 0.472 e. The van der Waals surface area contributed by atoms with Gasteiger partial charge in [-0.05, 0) is 51.4 Å². The van der Waals surface area contributed by atoms with Gasteiger partial charge in [-0.2, -0.15) is 0 Å². The van der Waals surface area contributed by atoms with Crippen molar-refractivity contribution in [2.75, 3.05) is 26.4 Å². The zero-order chi connectivity index (χ0) is 58.7. The van der Waals surface area contributed by atoms with Gasteiger partial charge in [0.1, 0.15) is 6.61 Å². The third-order valence-corrected chi connectivity index (χ3v) is 16.7. The van der Waals surface area contributed by atoms with E-state index in [4.69, 9.17) is 24.3 Å². The van der Waals surface area contributed by atoms with E-state index in [0.29, 0.717) is 6.42 Å². The number of unbranched alkanes of at least 4 members (excludes halogenated alkanes) is 46. The van der Waals surface area contributed by atoms with E-state index in [1.54, 1.807) is 0 Å². The van der Waals surface area contributed by atoms with Gasteiger partial charge in [-0.1, -0.05) is 345 Å². The highest BCUT2D eigenvalue weighted by Gasteiger charge is 2.26. The maximum atomic E-state index is 12.8. The molecule has 0 aliphatic heterocycles. The van der Waals surface area contributed by atoms with Crippen LogP contribution in [0.4, 0.5) is 0 Å². The molecule has 0 aromatic heterocycles. The number of carbonyl (C=O) groups is 2. The molecule has 2 atom stereocenters. The van der Waals surface area contributed by atoms with E-state index >= 15 is 0 Å². The molecule has 2 unspecified atom stereocenters. The Kier molecular flexibility index (Phi) is 65.4.